The highest BCUT2D eigenvalue weighted by Gasteiger charge is 2.23. The highest BCUT2D eigenvalue weighted by atomic mass is 35.5. The average molecular weight is 310 g/mol. The number of aromatic nitrogens is 2. The molecule has 1 saturated carbocycles. The Labute approximate surface area is 129 Å². The molecule has 0 saturated heterocycles. The largest absolute Gasteiger partial charge is 0.460 e. The van der Waals surface area contributed by atoms with Crippen LogP contribution < -0.4 is 10.1 Å². The Morgan fingerprint density at radius 2 is 1.90 bits per heavy atom. The summed E-state index contributed by atoms with van der Waals surface area (Å²) >= 11 is 5.73. The van der Waals surface area contributed by atoms with Crippen LogP contribution in [0.5, 0.6) is 6.01 Å². The third-order valence-electron chi connectivity index (χ3n) is 3.31. The quantitative estimate of drug-likeness (QED) is 0.869. The molecule has 1 aromatic rings. The second-order valence-electron chi connectivity index (χ2n) is 5.51. The van der Waals surface area contributed by atoms with Gasteiger partial charge in [-0.15, -0.1) is 0 Å². The number of hydrogen-bond donors (Lipinski definition) is 1. The lowest BCUT2D eigenvalue weighted by atomic mass is 9.93. The van der Waals surface area contributed by atoms with Crippen LogP contribution in [-0.4, -0.2) is 28.0 Å². The molecule has 21 heavy (non-hydrogen) atoms. The maximum atomic E-state index is 11.7. The molecule has 0 atom stereocenters. The van der Waals surface area contributed by atoms with Crippen molar-refractivity contribution in [2.45, 2.75) is 51.7 Å². The Balaban J connectivity index is 1.76. The molecule has 0 aromatic carbocycles. The summed E-state index contributed by atoms with van der Waals surface area (Å²) in [6.07, 6.45) is 8.34. The van der Waals surface area contributed by atoms with E-state index in [1.807, 2.05) is 13.8 Å². The predicted molar refractivity (Wildman–Crippen MR) is 81.3 cm³/mol. The number of nitrogens with zero attached hydrogens (tertiary/aromatic N) is 2. The molecule has 1 aliphatic rings. The van der Waals surface area contributed by atoms with Crippen molar-refractivity contribution in [1.29, 1.82) is 0 Å². The van der Waals surface area contributed by atoms with Crippen LogP contribution in [0.15, 0.2) is 24.0 Å². The lowest BCUT2D eigenvalue weighted by Gasteiger charge is -2.28. The molecule has 2 rings (SSSR count). The van der Waals surface area contributed by atoms with Gasteiger partial charge in [-0.2, -0.15) is 0 Å². The van der Waals surface area contributed by atoms with Crippen molar-refractivity contribution in [3.63, 3.8) is 0 Å². The van der Waals surface area contributed by atoms with Crippen LogP contribution in [0, 0.1) is 0 Å². The Bertz CT molecular complexity index is 504. The molecule has 1 amide bonds. The fourth-order valence-electron chi connectivity index (χ4n) is 2.34. The van der Waals surface area contributed by atoms with Crippen LogP contribution in [0.25, 0.3) is 0 Å². The lowest BCUT2D eigenvalue weighted by Crippen LogP contribution is -2.39. The third kappa shape index (κ3) is 5.34. The van der Waals surface area contributed by atoms with E-state index in [0.29, 0.717) is 11.0 Å². The number of rotatable bonds is 4. The predicted octanol–water partition coefficient (Wildman–Crippen LogP) is 2.90. The van der Waals surface area contributed by atoms with Crippen molar-refractivity contribution in [2.75, 3.05) is 0 Å². The zero-order valence-electron chi connectivity index (χ0n) is 12.3. The van der Waals surface area contributed by atoms with Crippen molar-refractivity contribution in [2.24, 2.45) is 0 Å². The number of halogens is 1. The minimum absolute atomic E-state index is 0.0135. The minimum atomic E-state index is -0.0135. The van der Waals surface area contributed by atoms with Crippen LogP contribution in [0.2, 0.25) is 5.02 Å². The van der Waals surface area contributed by atoms with Gasteiger partial charge in [0.1, 0.15) is 6.10 Å². The van der Waals surface area contributed by atoms with Gasteiger partial charge in [0.25, 0.3) is 0 Å². The van der Waals surface area contributed by atoms with E-state index in [1.54, 1.807) is 6.08 Å². The van der Waals surface area contributed by atoms with E-state index < -0.39 is 0 Å². The smallest absolute Gasteiger partial charge is 0.316 e. The number of ether oxygens (including phenoxy) is 1. The first-order valence-corrected chi connectivity index (χ1v) is 7.50. The lowest BCUT2D eigenvalue weighted by molar-refractivity contribution is -0.117. The topological polar surface area (TPSA) is 64.1 Å². The normalized spacial score (nSPS) is 21.5. The molecule has 1 aromatic heterocycles. The van der Waals surface area contributed by atoms with Crippen LogP contribution in [-0.2, 0) is 4.79 Å². The van der Waals surface area contributed by atoms with Crippen molar-refractivity contribution >= 4 is 17.5 Å². The van der Waals surface area contributed by atoms with Gasteiger partial charge >= 0.3 is 6.01 Å². The molecule has 114 valence electrons. The summed E-state index contributed by atoms with van der Waals surface area (Å²) in [6, 6.07) is 0.579. The van der Waals surface area contributed by atoms with Crippen LogP contribution in [0.3, 0.4) is 0 Å². The van der Waals surface area contributed by atoms with E-state index in [0.717, 1.165) is 31.3 Å². The molecule has 1 aliphatic carbocycles. The van der Waals surface area contributed by atoms with Gasteiger partial charge in [-0.25, -0.2) is 9.97 Å². The fraction of sp³-hybridized carbons (Fsp3) is 0.533. The van der Waals surface area contributed by atoms with Gasteiger partial charge in [0, 0.05) is 12.1 Å². The first-order valence-electron chi connectivity index (χ1n) is 7.12. The molecular weight excluding hydrogens is 290 g/mol. The highest BCUT2D eigenvalue weighted by Crippen LogP contribution is 2.22. The fourth-order valence-corrected chi connectivity index (χ4v) is 2.44. The van der Waals surface area contributed by atoms with Crippen LogP contribution >= 0.6 is 11.6 Å². The molecule has 0 aliphatic heterocycles. The van der Waals surface area contributed by atoms with Gasteiger partial charge in [-0.05, 0) is 39.5 Å². The molecule has 1 N–H and O–H groups in total. The van der Waals surface area contributed by atoms with Gasteiger partial charge in [0.2, 0.25) is 5.91 Å². The molecule has 5 nitrogen and oxygen atoms in total. The number of carbonyl (C=O) groups is 1. The molecule has 0 spiro atoms. The Morgan fingerprint density at radius 3 is 2.48 bits per heavy atom. The van der Waals surface area contributed by atoms with E-state index in [9.17, 15) is 4.79 Å². The number of carbonyl (C=O) groups excluding carboxylic acids is 1. The number of hydrogen-bond acceptors (Lipinski definition) is 4. The first kappa shape index (κ1) is 15.8. The number of amides is 1. The highest BCUT2D eigenvalue weighted by molar-refractivity contribution is 6.30. The van der Waals surface area contributed by atoms with Crippen LogP contribution in [0.1, 0.15) is 39.5 Å². The molecular formula is C15H20ClN3O2. The standard InChI is InChI=1S/C15H20ClN3O2/c1-10(2)7-14(20)19-12-3-5-13(6-4-12)21-15-17-8-11(16)9-18-15/h7-9,12-13H,3-6H2,1-2H3,(H,19,20). The summed E-state index contributed by atoms with van der Waals surface area (Å²) < 4.78 is 5.72. The van der Waals surface area contributed by atoms with E-state index in [2.05, 4.69) is 15.3 Å². The van der Waals surface area contributed by atoms with Gasteiger partial charge in [-0.1, -0.05) is 17.2 Å². The third-order valence-corrected chi connectivity index (χ3v) is 3.50. The Morgan fingerprint density at radius 1 is 1.29 bits per heavy atom. The van der Waals surface area contributed by atoms with Crippen LogP contribution in [0.4, 0.5) is 0 Å². The molecule has 0 bridgehead atoms. The van der Waals surface area contributed by atoms with Gasteiger partial charge in [0.15, 0.2) is 0 Å². The SMILES string of the molecule is CC(C)=CC(=O)NC1CCC(Oc2ncc(Cl)cn2)CC1. The maximum absolute atomic E-state index is 11.7. The summed E-state index contributed by atoms with van der Waals surface area (Å²) in [7, 11) is 0. The van der Waals surface area contributed by atoms with Crippen molar-refractivity contribution in [3.05, 3.63) is 29.1 Å². The van der Waals surface area contributed by atoms with E-state index in [4.69, 9.17) is 16.3 Å². The summed E-state index contributed by atoms with van der Waals surface area (Å²) in [4.78, 5) is 19.7. The molecule has 0 unspecified atom stereocenters. The van der Waals surface area contributed by atoms with Crippen molar-refractivity contribution in [1.82, 2.24) is 15.3 Å². The zero-order valence-corrected chi connectivity index (χ0v) is 13.1. The van der Waals surface area contributed by atoms with Crippen molar-refractivity contribution < 1.29 is 9.53 Å². The van der Waals surface area contributed by atoms with E-state index in [-0.39, 0.29) is 18.1 Å². The maximum Gasteiger partial charge on any atom is 0.316 e. The summed E-state index contributed by atoms with van der Waals surface area (Å²) in [6.45, 7) is 3.83. The average Bonchev–Trinajstić information content (AvgIpc) is 2.42. The molecule has 6 heteroatoms. The molecule has 1 fully saturated rings. The summed E-state index contributed by atoms with van der Waals surface area (Å²) in [5.41, 5.74) is 1.00. The monoisotopic (exact) mass is 309 g/mol. The second-order valence-corrected chi connectivity index (χ2v) is 5.94. The zero-order chi connectivity index (χ0) is 15.2. The minimum Gasteiger partial charge on any atom is -0.460 e. The number of nitrogens with one attached hydrogen (secondary N) is 1. The second kappa shape index (κ2) is 7.41. The van der Waals surface area contributed by atoms with Gasteiger partial charge in [0.05, 0.1) is 17.4 Å². The first-order chi connectivity index (χ1) is 10.0. The van der Waals surface area contributed by atoms with Gasteiger partial charge < -0.3 is 10.1 Å². The molecule has 1 heterocycles. The summed E-state index contributed by atoms with van der Waals surface area (Å²) in [5, 5.41) is 3.52. The van der Waals surface area contributed by atoms with Crippen molar-refractivity contribution in [3.8, 4) is 6.01 Å². The molecule has 0 radical (unpaired) electrons. The van der Waals surface area contributed by atoms with E-state index in [1.165, 1.54) is 12.4 Å². The summed E-state index contributed by atoms with van der Waals surface area (Å²) in [5.74, 6) is -0.0135. The number of allylic oxidation sites excluding steroid dienone is 1. The van der Waals surface area contributed by atoms with Gasteiger partial charge in [-0.3, -0.25) is 4.79 Å². The Hall–Kier alpha value is -1.62. The van der Waals surface area contributed by atoms with E-state index >= 15 is 0 Å². The Kier molecular flexibility index (Phi) is 5.56.